The van der Waals surface area contributed by atoms with E-state index in [-0.39, 0.29) is 0 Å². The molecule has 0 aliphatic carbocycles. The van der Waals surface area contributed by atoms with Crippen LogP contribution in [0.15, 0.2) is 0 Å². The summed E-state index contributed by atoms with van der Waals surface area (Å²) >= 11 is 0. The summed E-state index contributed by atoms with van der Waals surface area (Å²) in [5.74, 6) is 0. The highest BCUT2D eigenvalue weighted by molar-refractivity contribution is 5.04. The van der Waals surface area contributed by atoms with Crippen molar-refractivity contribution < 1.29 is 9.47 Å². The average molecular weight is 256 g/mol. The van der Waals surface area contributed by atoms with Crippen molar-refractivity contribution in [2.45, 2.75) is 37.3 Å². The Hall–Kier alpha value is -0.160. The molecule has 0 spiro atoms. The second kappa shape index (κ2) is 6.33. The van der Waals surface area contributed by atoms with Crippen LogP contribution in [0.2, 0.25) is 0 Å². The molecule has 2 rings (SSSR count). The minimum Gasteiger partial charge on any atom is -0.383 e. The van der Waals surface area contributed by atoms with Crippen molar-refractivity contribution in [2.75, 3.05) is 54.1 Å². The van der Waals surface area contributed by atoms with E-state index in [0.717, 1.165) is 26.3 Å². The molecule has 18 heavy (non-hydrogen) atoms. The lowest BCUT2D eigenvalue weighted by Crippen LogP contribution is -2.48. The van der Waals surface area contributed by atoms with Gasteiger partial charge < -0.3 is 14.4 Å². The zero-order chi connectivity index (χ0) is 13.0. The number of hydrogen-bond acceptors (Lipinski definition) is 4. The molecule has 0 saturated carbocycles. The zero-order valence-corrected chi connectivity index (χ0v) is 12.2. The van der Waals surface area contributed by atoms with E-state index in [1.54, 1.807) is 7.11 Å². The van der Waals surface area contributed by atoms with Crippen LogP contribution < -0.4 is 0 Å². The lowest BCUT2D eigenvalue weighted by Gasteiger charge is -2.35. The predicted molar refractivity (Wildman–Crippen MR) is 72.9 cm³/mol. The van der Waals surface area contributed by atoms with Gasteiger partial charge >= 0.3 is 0 Å². The highest BCUT2D eigenvalue weighted by Gasteiger charge is 2.48. The standard InChI is InChI=1S/C14H28N2O2/c1-15(9-10-17-2)11-13-5-7-14(12-18-3)6-4-8-16(13)14/h13H,4-12H2,1-3H3/t13-,14?/m1/s1. The molecule has 2 aliphatic heterocycles. The maximum absolute atomic E-state index is 5.47. The molecule has 0 aromatic rings. The van der Waals surface area contributed by atoms with Gasteiger partial charge in [-0.3, -0.25) is 4.90 Å². The van der Waals surface area contributed by atoms with Crippen molar-refractivity contribution in [1.82, 2.24) is 9.80 Å². The van der Waals surface area contributed by atoms with Crippen molar-refractivity contribution in [1.29, 1.82) is 0 Å². The van der Waals surface area contributed by atoms with Crippen LogP contribution >= 0.6 is 0 Å². The highest BCUT2D eigenvalue weighted by atomic mass is 16.5. The highest BCUT2D eigenvalue weighted by Crippen LogP contribution is 2.42. The lowest BCUT2D eigenvalue weighted by atomic mass is 9.95. The Kier molecular flexibility index (Phi) is 5.01. The van der Waals surface area contributed by atoms with Crippen molar-refractivity contribution in [3.63, 3.8) is 0 Å². The van der Waals surface area contributed by atoms with Crippen molar-refractivity contribution in [2.24, 2.45) is 0 Å². The molecule has 2 atom stereocenters. The molecule has 0 bridgehead atoms. The average Bonchev–Trinajstić information content (AvgIpc) is 2.88. The van der Waals surface area contributed by atoms with Crippen molar-refractivity contribution in [3.05, 3.63) is 0 Å². The summed E-state index contributed by atoms with van der Waals surface area (Å²) in [6, 6.07) is 0.713. The van der Waals surface area contributed by atoms with Crippen LogP contribution in [0.25, 0.3) is 0 Å². The summed E-state index contributed by atoms with van der Waals surface area (Å²) in [5.41, 5.74) is 0.363. The Morgan fingerprint density at radius 1 is 1.28 bits per heavy atom. The minimum atomic E-state index is 0.363. The Bertz CT molecular complexity index is 262. The molecule has 0 N–H and O–H groups in total. The largest absolute Gasteiger partial charge is 0.383 e. The molecular weight excluding hydrogens is 228 g/mol. The third-order valence-electron chi connectivity index (χ3n) is 4.65. The van der Waals surface area contributed by atoms with Gasteiger partial charge in [0.05, 0.1) is 13.2 Å². The maximum Gasteiger partial charge on any atom is 0.0646 e. The summed E-state index contributed by atoms with van der Waals surface area (Å²) in [7, 11) is 5.81. The fraction of sp³-hybridized carbons (Fsp3) is 1.00. The number of fused-ring (bicyclic) bond motifs is 1. The molecule has 2 saturated heterocycles. The van der Waals surface area contributed by atoms with Crippen LogP contribution in [-0.4, -0.2) is 75.5 Å². The van der Waals surface area contributed by atoms with Crippen LogP contribution in [-0.2, 0) is 9.47 Å². The summed E-state index contributed by atoms with van der Waals surface area (Å²) in [6.45, 7) is 5.18. The first-order valence-electron chi connectivity index (χ1n) is 7.15. The van der Waals surface area contributed by atoms with Gasteiger partial charge in [-0.25, -0.2) is 0 Å². The number of ether oxygens (including phenoxy) is 2. The normalized spacial score (nSPS) is 32.3. The summed E-state index contributed by atoms with van der Waals surface area (Å²) < 4.78 is 10.6. The van der Waals surface area contributed by atoms with E-state index in [9.17, 15) is 0 Å². The first kappa shape index (κ1) is 14.3. The molecular formula is C14H28N2O2. The van der Waals surface area contributed by atoms with Crippen LogP contribution in [0.3, 0.4) is 0 Å². The van der Waals surface area contributed by atoms with Crippen molar-refractivity contribution >= 4 is 0 Å². The first-order valence-corrected chi connectivity index (χ1v) is 7.15. The second-order valence-electron chi connectivity index (χ2n) is 5.90. The Labute approximate surface area is 111 Å². The molecule has 2 aliphatic rings. The van der Waals surface area contributed by atoms with Gasteiger partial charge in [0, 0.05) is 38.9 Å². The van der Waals surface area contributed by atoms with Crippen LogP contribution in [0, 0.1) is 0 Å². The number of nitrogens with zero attached hydrogens (tertiary/aromatic N) is 2. The summed E-state index contributed by atoms with van der Waals surface area (Å²) in [4.78, 5) is 5.12. The van der Waals surface area contributed by atoms with E-state index in [0.29, 0.717) is 11.6 Å². The Morgan fingerprint density at radius 3 is 2.83 bits per heavy atom. The molecule has 4 nitrogen and oxygen atoms in total. The monoisotopic (exact) mass is 256 g/mol. The van der Waals surface area contributed by atoms with Gasteiger partial charge in [0.15, 0.2) is 0 Å². The topological polar surface area (TPSA) is 24.9 Å². The van der Waals surface area contributed by atoms with Gasteiger partial charge in [0.2, 0.25) is 0 Å². The molecule has 1 unspecified atom stereocenters. The van der Waals surface area contributed by atoms with E-state index in [4.69, 9.17) is 9.47 Å². The quantitative estimate of drug-likeness (QED) is 0.683. The smallest absolute Gasteiger partial charge is 0.0646 e. The molecule has 106 valence electrons. The van der Waals surface area contributed by atoms with Gasteiger partial charge in [-0.05, 0) is 39.3 Å². The maximum atomic E-state index is 5.47. The minimum absolute atomic E-state index is 0.363. The fourth-order valence-corrected chi connectivity index (χ4v) is 3.77. The predicted octanol–water partition coefficient (Wildman–Crippen LogP) is 1.21. The van der Waals surface area contributed by atoms with Gasteiger partial charge in [-0.15, -0.1) is 0 Å². The number of hydrogen-bond donors (Lipinski definition) is 0. The molecule has 4 heteroatoms. The molecule has 0 radical (unpaired) electrons. The second-order valence-corrected chi connectivity index (χ2v) is 5.90. The number of rotatable bonds is 7. The molecule has 0 amide bonds. The Morgan fingerprint density at radius 2 is 2.11 bits per heavy atom. The van der Waals surface area contributed by atoms with Gasteiger partial charge in [-0.1, -0.05) is 0 Å². The lowest BCUT2D eigenvalue weighted by molar-refractivity contribution is 0.0419. The summed E-state index contributed by atoms with van der Waals surface area (Å²) in [5, 5.41) is 0. The molecule has 2 fully saturated rings. The Balaban J connectivity index is 1.88. The summed E-state index contributed by atoms with van der Waals surface area (Å²) in [6.07, 6.45) is 5.28. The molecule has 2 heterocycles. The molecule has 0 aromatic heterocycles. The third kappa shape index (κ3) is 2.87. The van der Waals surface area contributed by atoms with E-state index in [2.05, 4.69) is 16.8 Å². The number of methoxy groups -OCH3 is 2. The van der Waals surface area contributed by atoms with E-state index in [1.165, 1.54) is 32.2 Å². The van der Waals surface area contributed by atoms with Crippen LogP contribution in [0.4, 0.5) is 0 Å². The fourth-order valence-electron chi connectivity index (χ4n) is 3.77. The number of likely N-dealkylation sites (N-methyl/N-ethyl adjacent to an activating group) is 1. The van der Waals surface area contributed by atoms with Gasteiger partial charge in [0.25, 0.3) is 0 Å². The van der Waals surface area contributed by atoms with Gasteiger partial charge in [0.1, 0.15) is 0 Å². The molecule has 0 aromatic carbocycles. The van der Waals surface area contributed by atoms with Gasteiger partial charge in [-0.2, -0.15) is 0 Å². The van der Waals surface area contributed by atoms with E-state index < -0.39 is 0 Å². The SMILES string of the molecule is COCCN(C)C[C@H]1CCC2(COC)CCCN12. The zero-order valence-electron chi connectivity index (χ0n) is 12.2. The van der Waals surface area contributed by atoms with Crippen LogP contribution in [0.1, 0.15) is 25.7 Å². The third-order valence-corrected chi connectivity index (χ3v) is 4.65. The van der Waals surface area contributed by atoms with Crippen molar-refractivity contribution in [3.8, 4) is 0 Å². The first-order chi connectivity index (χ1) is 8.72. The van der Waals surface area contributed by atoms with E-state index in [1.807, 2.05) is 7.11 Å². The van der Waals surface area contributed by atoms with E-state index >= 15 is 0 Å². The van der Waals surface area contributed by atoms with Crippen LogP contribution in [0.5, 0.6) is 0 Å².